The second kappa shape index (κ2) is 6.25. The first-order valence-corrected chi connectivity index (χ1v) is 8.66. The summed E-state index contributed by atoms with van der Waals surface area (Å²) in [5.41, 5.74) is 2.23. The second-order valence-electron chi connectivity index (χ2n) is 7.14. The molecule has 26 heavy (non-hydrogen) atoms. The van der Waals surface area contributed by atoms with E-state index in [1.54, 1.807) is 4.57 Å². The summed E-state index contributed by atoms with van der Waals surface area (Å²) in [6.45, 7) is 1.46. The topological polar surface area (TPSA) is 57.2 Å². The van der Waals surface area contributed by atoms with Crippen molar-refractivity contribution in [3.63, 3.8) is 0 Å². The summed E-state index contributed by atoms with van der Waals surface area (Å²) in [4.78, 5) is 24.3. The quantitative estimate of drug-likeness (QED) is 0.780. The number of hydrogen-bond acceptors (Lipinski definition) is 4. The number of nitrogens with zero attached hydrogens (tertiary/aromatic N) is 4. The van der Waals surface area contributed by atoms with E-state index >= 15 is 0 Å². The predicted octanol–water partition coefficient (Wildman–Crippen LogP) is 1.93. The molecule has 0 unspecified atom stereocenters. The fourth-order valence-electron chi connectivity index (χ4n) is 3.86. The number of H-pyrrole nitrogens is 1. The van der Waals surface area contributed by atoms with E-state index in [9.17, 15) is 9.18 Å². The largest absolute Gasteiger partial charge is 0.345 e. The Morgan fingerprint density at radius 2 is 1.92 bits per heavy atom. The molecule has 1 N–H and O–H groups in total. The molecule has 7 heteroatoms. The molecule has 136 valence electrons. The molecule has 0 spiro atoms. The standard InChI is InChI=1S/C19H22FN5O/c1-23(2)16-11-25(10-14(16)12-4-6-13(20)7-5-12)19-21-15-8-9-24(3)17(15)18(26)22-19/h4-9,14,16H,10-11H2,1-3H3,(H,21,22,26)/t14-,16+/m1/s1. The van der Waals surface area contributed by atoms with Gasteiger partial charge in [0.1, 0.15) is 11.3 Å². The zero-order valence-electron chi connectivity index (χ0n) is 15.1. The molecule has 1 aromatic carbocycles. The number of aromatic amines is 1. The Labute approximate surface area is 150 Å². The van der Waals surface area contributed by atoms with E-state index in [0.29, 0.717) is 17.0 Å². The molecule has 4 rings (SSSR count). The van der Waals surface area contributed by atoms with Crippen LogP contribution in [0.4, 0.5) is 10.3 Å². The van der Waals surface area contributed by atoms with Crippen molar-refractivity contribution >= 4 is 17.0 Å². The van der Waals surface area contributed by atoms with E-state index in [2.05, 4.69) is 19.8 Å². The molecule has 3 heterocycles. The summed E-state index contributed by atoms with van der Waals surface area (Å²) < 4.78 is 15.1. The van der Waals surface area contributed by atoms with Crippen LogP contribution in [0.1, 0.15) is 11.5 Å². The van der Waals surface area contributed by atoms with Gasteiger partial charge in [0.15, 0.2) is 0 Å². The van der Waals surface area contributed by atoms with Gasteiger partial charge < -0.3 is 14.4 Å². The molecule has 6 nitrogen and oxygen atoms in total. The van der Waals surface area contributed by atoms with Gasteiger partial charge in [-0.1, -0.05) is 12.1 Å². The van der Waals surface area contributed by atoms with E-state index in [0.717, 1.165) is 18.7 Å². The summed E-state index contributed by atoms with van der Waals surface area (Å²) in [6, 6.07) is 8.79. The minimum Gasteiger partial charge on any atom is -0.345 e. The molecule has 2 aromatic heterocycles. The van der Waals surface area contributed by atoms with Crippen LogP contribution in [-0.2, 0) is 7.05 Å². The third kappa shape index (κ3) is 2.78. The number of anilines is 1. The normalized spacial score (nSPS) is 20.4. The van der Waals surface area contributed by atoms with Crippen LogP contribution in [0.15, 0.2) is 41.3 Å². The van der Waals surface area contributed by atoms with Gasteiger partial charge in [-0.15, -0.1) is 0 Å². The van der Waals surface area contributed by atoms with Crippen LogP contribution >= 0.6 is 0 Å². The highest BCUT2D eigenvalue weighted by molar-refractivity contribution is 5.75. The lowest BCUT2D eigenvalue weighted by Crippen LogP contribution is -2.35. The minimum atomic E-state index is -0.231. The Hall–Kier alpha value is -2.67. The van der Waals surface area contributed by atoms with Crippen molar-refractivity contribution in [1.29, 1.82) is 0 Å². The van der Waals surface area contributed by atoms with Gasteiger partial charge in [0.05, 0.1) is 5.52 Å². The molecule has 0 amide bonds. The lowest BCUT2D eigenvalue weighted by molar-refractivity contribution is 0.292. The van der Waals surface area contributed by atoms with Gasteiger partial charge in [0, 0.05) is 38.3 Å². The van der Waals surface area contributed by atoms with Crippen LogP contribution in [0.5, 0.6) is 0 Å². The number of likely N-dealkylation sites (N-methyl/N-ethyl adjacent to an activating group) is 1. The highest BCUT2D eigenvalue weighted by Crippen LogP contribution is 2.32. The molecule has 0 radical (unpaired) electrons. The van der Waals surface area contributed by atoms with Gasteiger partial charge in [0.25, 0.3) is 5.56 Å². The average Bonchev–Trinajstić information content (AvgIpc) is 3.20. The highest BCUT2D eigenvalue weighted by atomic mass is 19.1. The third-order valence-corrected chi connectivity index (χ3v) is 5.27. The fourth-order valence-corrected chi connectivity index (χ4v) is 3.86. The Balaban J connectivity index is 1.70. The van der Waals surface area contributed by atoms with E-state index in [4.69, 9.17) is 0 Å². The van der Waals surface area contributed by atoms with Crippen molar-refractivity contribution in [2.24, 2.45) is 7.05 Å². The summed E-state index contributed by atoms with van der Waals surface area (Å²) in [7, 11) is 5.92. The molecule has 0 bridgehead atoms. The third-order valence-electron chi connectivity index (χ3n) is 5.27. The van der Waals surface area contributed by atoms with Crippen LogP contribution in [-0.4, -0.2) is 52.7 Å². The van der Waals surface area contributed by atoms with Gasteiger partial charge in [-0.3, -0.25) is 9.78 Å². The number of rotatable bonds is 3. The number of halogens is 1. The SMILES string of the molecule is CN(C)[C@H]1CN(c2nc3ccn(C)c3c(=O)[nH]2)C[C@@H]1c1ccc(F)cc1. The molecule has 1 aliphatic rings. The van der Waals surface area contributed by atoms with Gasteiger partial charge in [-0.2, -0.15) is 0 Å². The number of aromatic nitrogens is 3. The molecule has 3 aromatic rings. The van der Waals surface area contributed by atoms with Crippen molar-refractivity contribution in [3.05, 3.63) is 58.3 Å². The first kappa shape index (κ1) is 16.8. The molecular weight excluding hydrogens is 333 g/mol. The number of fused-ring (bicyclic) bond motifs is 1. The van der Waals surface area contributed by atoms with E-state index in [-0.39, 0.29) is 23.3 Å². The zero-order valence-corrected chi connectivity index (χ0v) is 15.1. The Bertz CT molecular complexity index is 991. The number of benzene rings is 1. The summed E-state index contributed by atoms with van der Waals surface area (Å²) in [5.74, 6) is 0.568. The number of nitrogens with one attached hydrogen (secondary N) is 1. The van der Waals surface area contributed by atoms with Gasteiger partial charge in [-0.05, 0) is 37.9 Å². The first-order chi connectivity index (χ1) is 12.4. The Morgan fingerprint density at radius 1 is 1.19 bits per heavy atom. The molecule has 0 saturated carbocycles. The maximum atomic E-state index is 13.3. The fraction of sp³-hybridized carbons (Fsp3) is 0.368. The second-order valence-corrected chi connectivity index (χ2v) is 7.14. The van der Waals surface area contributed by atoms with Gasteiger partial charge in [0.2, 0.25) is 5.95 Å². The predicted molar refractivity (Wildman–Crippen MR) is 100 cm³/mol. The van der Waals surface area contributed by atoms with Crippen molar-refractivity contribution in [2.45, 2.75) is 12.0 Å². The van der Waals surface area contributed by atoms with Crippen LogP contribution < -0.4 is 10.5 Å². The van der Waals surface area contributed by atoms with Crippen LogP contribution in [0.3, 0.4) is 0 Å². The Morgan fingerprint density at radius 3 is 2.62 bits per heavy atom. The maximum absolute atomic E-state index is 13.3. The molecule has 1 saturated heterocycles. The van der Waals surface area contributed by atoms with Crippen molar-refractivity contribution < 1.29 is 4.39 Å². The van der Waals surface area contributed by atoms with Crippen molar-refractivity contribution in [2.75, 3.05) is 32.1 Å². The molecule has 1 fully saturated rings. The van der Waals surface area contributed by atoms with Gasteiger partial charge >= 0.3 is 0 Å². The lowest BCUT2D eigenvalue weighted by Gasteiger charge is -2.25. The first-order valence-electron chi connectivity index (χ1n) is 8.66. The smallest absolute Gasteiger partial charge is 0.276 e. The molecule has 1 aliphatic heterocycles. The van der Waals surface area contributed by atoms with Crippen LogP contribution in [0.25, 0.3) is 11.0 Å². The van der Waals surface area contributed by atoms with Crippen LogP contribution in [0.2, 0.25) is 0 Å². The molecule has 0 aliphatic carbocycles. The summed E-state index contributed by atoms with van der Waals surface area (Å²) >= 11 is 0. The zero-order chi connectivity index (χ0) is 18.4. The van der Waals surface area contributed by atoms with Gasteiger partial charge in [-0.25, -0.2) is 9.37 Å². The minimum absolute atomic E-state index is 0.135. The summed E-state index contributed by atoms with van der Waals surface area (Å²) in [6.07, 6.45) is 1.84. The summed E-state index contributed by atoms with van der Waals surface area (Å²) in [5, 5.41) is 0. The van der Waals surface area contributed by atoms with E-state index in [1.807, 2.05) is 45.5 Å². The molecular formula is C19H22FN5O. The maximum Gasteiger partial charge on any atom is 0.276 e. The molecule has 2 atom stereocenters. The highest BCUT2D eigenvalue weighted by Gasteiger charge is 2.36. The van der Waals surface area contributed by atoms with Crippen molar-refractivity contribution in [1.82, 2.24) is 19.4 Å². The average molecular weight is 355 g/mol. The number of aryl methyl sites for hydroxylation is 1. The van der Waals surface area contributed by atoms with Crippen molar-refractivity contribution in [3.8, 4) is 0 Å². The Kier molecular flexibility index (Phi) is 4.03. The monoisotopic (exact) mass is 355 g/mol. The van der Waals surface area contributed by atoms with Crippen LogP contribution in [0, 0.1) is 5.82 Å². The van der Waals surface area contributed by atoms with E-state index < -0.39 is 0 Å². The van der Waals surface area contributed by atoms with E-state index in [1.165, 1.54) is 12.1 Å². The lowest BCUT2D eigenvalue weighted by atomic mass is 9.94. The number of hydrogen-bond donors (Lipinski definition) is 1.